The lowest BCUT2D eigenvalue weighted by molar-refractivity contribution is 0.304. The molecule has 0 aliphatic carbocycles. The number of ether oxygens (including phenoxy) is 1. The molecular formula is C23H32FIN2O. The van der Waals surface area contributed by atoms with Crippen molar-refractivity contribution in [1.29, 1.82) is 0 Å². The summed E-state index contributed by atoms with van der Waals surface area (Å²) >= 11 is 1.96. The van der Waals surface area contributed by atoms with Crippen LogP contribution in [0, 0.1) is 9.65 Å². The topological polar surface area (TPSA) is 35.0 Å². The number of benzene rings is 1. The van der Waals surface area contributed by atoms with Gasteiger partial charge in [-0.1, -0.05) is 76.8 Å². The Labute approximate surface area is 182 Å². The first kappa shape index (κ1) is 23.0. The molecule has 28 heavy (non-hydrogen) atoms. The van der Waals surface area contributed by atoms with E-state index in [1.807, 2.05) is 46.9 Å². The van der Waals surface area contributed by atoms with Gasteiger partial charge in [-0.15, -0.1) is 0 Å². The van der Waals surface area contributed by atoms with Crippen molar-refractivity contribution in [2.24, 2.45) is 0 Å². The molecule has 0 bridgehead atoms. The Balaban J connectivity index is 1.56. The van der Waals surface area contributed by atoms with Gasteiger partial charge >= 0.3 is 0 Å². The third kappa shape index (κ3) is 9.30. The minimum absolute atomic E-state index is 0.374. The lowest BCUT2D eigenvalue weighted by Gasteiger charge is -2.08. The maximum Gasteiger partial charge on any atom is 0.235 e. The highest BCUT2D eigenvalue weighted by atomic mass is 127. The van der Waals surface area contributed by atoms with Crippen molar-refractivity contribution in [2.45, 2.75) is 77.6 Å². The molecule has 5 heteroatoms. The summed E-state index contributed by atoms with van der Waals surface area (Å²) in [5, 5.41) is 0. The number of hydrogen-bond donors (Lipinski definition) is 0. The third-order valence-electron chi connectivity index (χ3n) is 4.83. The van der Waals surface area contributed by atoms with E-state index in [0.29, 0.717) is 15.8 Å². The lowest BCUT2D eigenvalue weighted by Crippen LogP contribution is -2.01. The van der Waals surface area contributed by atoms with E-state index in [1.165, 1.54) is 57.8 Å². The Bertz CT molecular complexity index is 679. The van der Waals surface area contributed by atoms with Crippen LogP contribution < -0.4 is 4.74 Å². The molecule has 0 amide bonds. The number of nitrogens with zero attached hydrogens (tertiary/aromatic N) is 2. The van der Waals surface area contributed by atoms with Crippen LogP contribution in [0.25, 0.3) is 0 Å². The first-order chi connectivity index (χ1) is 13.7. The molecule has 154 valence electrons. The molecule has 0 aliphatic rings. The van der Waals surface area contributed by atoms with E-state index in [9.17, 15) is 4.39 Å². The average molecular weight is 498 g/mol. The van der Waals surface area contributed by atoms with E-state index < -0.39 is 5.95 Å². The molecule has 0 spiro atoms. The fraction of sp³-hybridized carbons (Fsp3) is 0.565. The number of halogens is 2. The molecule has 2 aromatic rings. The van der Waals surface area contributed by atoms with E-state index in [4.69, 9.17) is 4.74 Å². The Morgan fingerprint density at radius 3 is 2.11 bits per heavy atom. The maximum absolute atomic E-state index is 13.8. The van der Waals surface area contributed by atoms with E-state index in [-0.39, 0.29) is 0 Å². The molecule has 2 rings (SSSR count). The molecule has 0 radical (unpaired) electrons. The van der Waals surface area contributed by atoms with Gasteiger partial charge in [0, 0.05) is 6.42 Å². The number of rotatable bonds is 14. The smallest absolute Gasteiger partial charge is 0.235 e. The summed E-state index contributed by atoms with van der Waals surface area (Å²) in [5.74, 6) is 0.377. The molecule has 1 aromatic carbocycles. The van der Waals surface area contributed by atoms with E-state index in [2.05, 4.69) is 16.9 Å². The minimum atomic E-state index is -0.492. The standard InChI is InChI=1S/C23H32FIN2O/c1-2-3-4-5-6-7-8-9-10-11-16-28-20-14-12-19(13-15-20)17-21-23(24)27-22(25)18-26-21/h12-15,18H,2-11,16-17H2,1H3. The normalized spacial score (nSPS) is 11.0. The van der Waals surface area contributed by atoms with Crippen molar-refractivity contribution < 1.29 is 9.13 Å². The van der Waals surface area contributed by atoms with E-state index in [1.54, 1.807) is 6.20 Å². The monoisotopic (exact) mass is 498 g/mol. The second-order valence-electron chi connectivity index (χ2n) is 7.28. The summed E-state index contributed by atoms with van der Waals surface area (Å²) in [6.45, 7) is 3.02. The van der Waals surface area contributed by atoms with Crippen LogP contribution >= 0.6 is 22.6 Å². The highest BCUT2D eigenvalue weighted by Gasteiger charge is 2.07. The fourth-order valence-corrected chi connectivity index (χ4v) is 3.52. The van der Waals surface area contributed by atoms with Crippen LogP contribution in [0.5, 0.6) is 5.75 Å². The van der Waals surface area contributed by atoms with Crippen LogP contribution in [-0.4, -0.2) is 16.6 Å². The average Bonchev–Trinajstić information content (AvgIpc) is 2.69. The van der Waals surface area contributed by atoms with Crippen LogP contribution in [0.3, 0.4) is 0 Å². The van der Waals surface area contributed by atoms with Gasteiger partial charge in [-0.05, 0) is 46.7 Å². The summed E-state index contributed by atoms with van der Waals surface area (Å²) < 4.78 is 20.2. The fourth-order valence-electron chi connectivity index (χ4n) is 3.17. The first-order valence-electron chi connectivity index (χ1n) is 10.6. The second-order valence-corrected chi connectivity index (χ2v) is 8.39. The summed E-state index contributed by atoms with van der Waals surface area (Å²) in [6.07, 6.45) is 15.3. The van der Waals surface area contributed by atoms with Crippen molar-refractivity contribution >= 4 is 22.6 Å². The second kappa shape index (κ2) is 13.9. The zero-order valence-electron chi connectivity index (χ0n) is 16.9. The molecule has 1 aromatic heterocycles. The largest absolute Gasteiger partial charge is 0.494 e. The van der Waals surface area contributed by atoms with Gasteiger partial charge < -0.3 is 4.74 Å². The Kier molecular flexibility index (Phi) is 11.4. The molecule has 0 aliphatic heterocycles. The molecule has 0 N–H and O–H groups in total. The van der Waals surface area contributed by atoms with Gasteiger partial charge in [-0.2, -0.15) is 4.39 Å². The molecule has 1 heterocycles. The van der Waals surface area contributed by atoms with E-state index >= 15 is 0 Å². The molecule has 0 saturated heterocycles. The van der Waals surface area contributed by atoms with Crippen molar-refractivity contribution in [3.05, 3.63) is 51.4 Å². The summed E-state index contributed by atoms with van der Waals surface area (Å²) in [5.41, 5.74) is 1.38. The van der Waals surface area contributed by atoms with Gasteiger partial charge in [-0.3, -0.25) is 4.98 Å². The molecule has 0 unspecified atom stereocenters. The number of hydrogen-bond acceptors (Lipinski definition) is 3. The van der Waals surface area contributed by atoms with Crippen LogP contribution in [0.2, 0.25) is 0 Å². The lowest BCUT2D eigenvalue weighted by atomic mass is 10.1. The van der Waals surface area contributed by atoms with Crippen molar-refractivity contribution in [3.8, 4) is 5.75 Å². The minimum Gasteiger partial charge on any atom is -0.494 e. The molecule has 0 atom stereocenters. The zero-order valence-corrected chi connectivity index (χ0v) is 19.1. The van der Waals surface area contributed by atoms with E-state index in [0.717, 1.165) is 24.3 Å². The summed E-state index contributed by atoms with van der Waals surface area (Å²) in [4.78, 5) is 7.94. The highest BCUT2D eigenvalue weighted by molar-refractivity contribution is 14.1. The maximum atomic E-state index is 13.8. The van der Waals surface area contributed by atoms with Crippen molar-refractivity contribution in [2.75, 3.05) is 6.61 Å². The molecular weight excluding hydrogens is 466 g/mol. The van der Waals surface area contributed by atoms with Gasteiger partial charge in [0.2, 0.25) is 5.95 Å². The van der Waals surface area contributed by atoms with Gasteiger partial charge in [0.15, 0.2) is 0 Å². The van der Waals surface area contributed by atoms with Crippen molar-refractivity contribution in [1.82, 2.24) is 9.97 Å². The van der Waals surface area contributed by atoms with Crippen molar-refractivity contribution in [3.63, 3.8) is 0 Å². The third-order valence-corrected chi connectivity index (χ3v) is 5.35. The van der Waals surface area contributed by atoms with Crippen LogP contribution in [0.4, 0.5) is 4.39 Å². The van der Waals surface area contributed by atoms with Crippen LogP contribution in [0.1, 0.15) is 82.4 Å². The molecule has 3 nitrogen and oxygen atoms in total. The Hall–Kier alpha value is -1.24. The SMILES string of the molecule is CCCCCCCCCCCCOc1ccc(Cc2ncc(I)nc2F)cc1. The predicted octanol–water partition coefficient (Wildman–Crippen LogP) is 7.11. The Morgan fingerprint density at radius 2 is 1.50 bits per heavy atom. The zero-order chi connectivity index (χ0) is 20.0. The highest BCUT2D eigenvalue weighted by Crippen LogP contribution is 2.17. The van der Waals surface area contributed by atoms with Gasteiger partial charge in [-0.25, -0.2) is 4.98 Å². The number of aromatic nitrogens is 2. The first-order valence-corrected chi connectivity index (χ1v) is 11.7. The molecule has 0 fully saturated rings. The van der Waals surface area contributed by atoms with Crippen LogP contribution in [-0.2, 0) is 6.42 Å². The quantitative estimate of drug-likeness (QED) is 0.206. The van der Waals surface area contributed by atoms with Gasteiger partial charge in [0.05, 0.1) is 18.5 Å². The molecule has 0 saturated carbocycles. The van der Waals surface area contributed by atoms with Gasteiger partial charge in [0.25, 0.3) is 0 Å². The number of unbranched alkanes of at least 4 members (excludes halogenated alkanes) is 9. The summed E-state index contributed by atoms with van der Waals surface area (Å²) in [7, 11) is 0. The van der Waals surface area contributed by atoms with Crippen LogP contribution in [0.15, 0.2) is 30.5 Å². The Morgan fingerprint density at radius 1 is 0.893 bits per heavy atom. The van der Waals surface area contributed by atoms with Gasteiger partial charge in [0.1, 0.15) is 9.45 Å². The predicted molar refractivity (Wildman–Crippen MR) is 121 cm³/mol. The summed E-state index contributed by atoms with van der Waals surface area (Å²) in [6, 6.07) is 7.83.